The van der Waals surface area contributed by atoms with Crippen molar-refractivity contribution in [3.63, 3.8) is 0 Å². The SMILES string of the molecule is COCCCN1C(=O)COc2ccc(COC3C(c4ccc(O)cc4)C(O[Si](C(C)C)(C(C)C)C(C)C)CN(C(=O)O)C3Cc3ccccc3)cc21. The number of aromatic hydroxyl groups is 1. The van der Waals surface area contributed by atoms with Crippen LogP contribution in [0.5, 0.6) is 11.5 Å². The maximum atomic E-state index is 13.2. The molecule has 5 rings (SSSR count). The molecule has 2 amide bonds. The Morgan fingerprint density at radius 1 is 0.942 bits per heavy atom. The summed E-state index contributed by atoms with van der Waals surface area (Å²) in [5.74, 6) is 0.319. The molecule has 0 radical (unpaired) electrons. The number of phenols is 1. The van der Waals surface area contributed by atoms with Crippen LogP contribution in [0, 0.1) is 0 Å². The van der Waals surface area contributed by atoms with Gasteiger partial charge in [-0.3, -0.25) is 9.69 Å². The van der Waals surface area contributed by atoms with E-state index in [4.69, 9.17) is 18.6 Å². The minimum Gasteiger partial charge on any atom is -0.508 e. The van der Waals surface area contributed by atoms with Gasteiger partial charge in [0.2, 0.25) is 8.32 Å². The van der Waals surface area contributed by atoms with Gasteiger partial charge in [-0.05, 0) is 70.4 Å². The third-order valence-corrected chi connectivity index (χ3v) is 17.0. The van der Waals surface area contributed by atoms with Crippen molar-refractivity contribution in [2.75, 3.05) is 38.3 Å². The number of carbonyl (C=O) groups is 2. The highest BCUT2D eigenvalue weighted by Crippen LogP contribution is 2.47. The lowest BCUT2D eigenvalue weighted by Gasteiger charge is -2.53. The fourth-order valence-corrected chi connectivity index (χ4v) is 14.2. The zero-order valence-electron chi connectivity index (χ0n) is 31.7. The quantitative estimate of drug-likeness (QED) is 0.119. The molecule has 0 aromatic heterocycles. The van der Waals surface area contributed by atoms with Gasteiger partial charge in [0.25, 0.3) is 5.91 Å². The van der Waals surface area contributed by atoms with E-state index in [0.29, 0.717) is 37.4 Å². The zero-order valence-corrected chi connectivity index (χ0v) is 32.7. The van der Waals surface area contributed by atoms with Crippen LogP contribution in [0.2, 0.25) is 16.6 Å². The van der Waals surface area contributed by atoms with Gasteiger partial charge in [-0.15, -0.1) is 0 Å². The Balaban J connectivity index is 1.60. The summed E-state index contributed by atoms with van der Waals surface area (Å²) in [4.78, 5) is 29.4. The zero-order chi connectivity index (χ0) is 37.6. The first-order valence-electron chi connectivity index (χ1n) is 18.5. The van der Waals surface area contributed by atoms with E-state index in [0.717, 1.165) is 16.7 Å². The molecule has 2 N–H and O–H groups in total. The number of phenolic OH excluding ortho intramolecular Hbond substituents is 1. The van der Waals surface area contributed by atoms with Gasteiger partial charge >= 0.3 is 6.09 Å². The first-order valence-corrected chi connectivity index (χ1v) is 20.7. The summed E-state index contributed by atoms with van der Waals surface area (Å²) in [7, 11) is -0.864. The Kier molecular flexibility index (Phi) is 13.1. The molecule has 2 heterocycles. The van der Waals surface area contributed by atoms with Gasteiger partial charge in [-0.25, -0.2) is 4.79 Å². The predicted molar refractivity (Wildman–Crippen MR) is 205 cm³/mol. The van der Waals surface area contributed by atoms with Crippen molar-refractivity contribution in [2.45, 2.75) is 102 Å². The monoisotopic (exact) mass is 732 g/mol. The number of carbonyl (C=O) groups excluding carboxylic acids is 1. The van der Waals surface area contributed by atoms with Gasteiger partial charge < -0.3 is 33.7 Å². The highest BCUT2D eigenvalue weighted by atomic mass is 28.4. The number of hydrogen-bond donors (Lipinski definition) is 2. The molecule has 3 aromatic carbocycles. The number of piperidine rings is 1. The van der Waals surface area contributed by atoms with Gasteiger partial charge in [0.15, 0.2) is 6.61 Å². The number of fused-ring (bicyclic) bond motifs is 1. The molecule has 2 aliphatic rings. The van der Waals surface area contributed by atoms with Crippen molar-refractivity contribution in [1.82, 2.24) is 4.90 Å². The van der Waals surface area contributed by atoms with Crippen LogP contribution in [-0.4, -0.2) is 87.1 Å². The largest absolute Gasteiger partial charge is 0.508 e. The number of anilines is 1. The average Bonchev–Trinajstić information content (AvgIpc) is 3.11. The third kappa shape index (κ3) is 8.49. The molecule has 1 fully saturated rings. The van der Waals surface area contributed by atoms with Crippen molar-refractivity contribution < 1.29 is 38.4 Å². The molecule has 11 heteroatoms. The van der Waals surface area contributed by atoms with Crippen LogP contribution < -0.4 is 9.64 Å². The van der Waals surface area contributed by atoms with Gasteiger partial charge in [-0.1, -0.05) is 90.1 Å². The van der Waals surface area contributed by atoms with Crippen LogP contribution in [0.25, 0.3) is 0 Å². The molecule has 4 atom stereocenters. The van der Waals surface area contributed by atoms with Crippen LogP contribution in [-0.2, 0) is 31.7 Å². The topological polar surface area (TPSA) is 118 Å². The summed E-state index contributed by atoms with van der Waals surface area (Å²) >= 11 is 0. The van der Waals surface area contributed by atoms with Gasteiger partial charge in [0.1, 0.15) is 11.5 Å². The van der Waals surface area contributed by atoms with E-state index >= 15 is 0 Å². The summed E-state index contributed by atoms with van der Waals surface area (Å²) in [6.07, 6.45) is -1.01. The van der Waals surface area contributed by atoms with Crippen molar-refractivity contribution in [1.29, 1.82) is 0 Å². The molecule has 1 saturated heterocycles. The molecule has 282 valence electrons. The second kappa shape index (κ2) is 17.3. The van der Waals surface area contributed by atoms with Gasteiger partial charge in [-0.2, -0.15) is 0 Å². The maximum Gasteiger partial charge on any atom is 0.407 e. The van der Waals surface area contributed by atoms with Crippen LogP contribution >= 0.6 is 0 Å². The standard InChI is InChI=1S/C41H56N2O8Si/c1-27(2)52(28(3)4,29(5)6)51-37-24-43(41(46)47)35(22-30-12-9-8-10-13-30)40(39(37)32-15-17-33(44)18-16-32)50-25-31-14-19-36-34(23-31)42(20-11-21-48-7)38(45)26-49-36/h8-10,12-19,23,27-29,35,37,39-40,44H,11,20-22,24-26H2,1-7H3,(H,46,47). The van der Waals surface area contributed by atoms with E-state index in [1.807, 2.05) is 60.7 Å². The molecule has 52 heavy (non-hydrogen) atoms. The fourth-order valence-electron chi connectivity index (χ4n) is 8.61. The van der Waals surface area contributed by atoms with Crippen molar-refractivity contribution >= 4 is 26.0 Å². The van der Waals surface area contributed by atoms with E-state index in [9.17, 15) is 19.8 Å². The maximum absolute atomic E-state index is 13.2. The van der Waals surface area contributed by atoms with E-state index in [2.05, 4.69) is 41.5 Å². The van der Waals surface area contributed by atoms with Crippen LogP contribution in [0.15, 0.2) is 72.8 Å². The first-order chi connectivity index (χ1) is 24.9. The number of rotatable bonds is 15. The Labute approximate surface area is 309 Å². The Bertz CT molecular complexity index is 1610. The highest BCUT2D eigenvalue weighted by Gasteiger charge is 2.53. The predicted octanol–water partition coefficient (Wildman–Crippen LogP) is 7.99. The molecule has 2 aliphatic heterocycles. The normalized spacial score (nSPS) is 20.8. The molecule has 0 spiro atoms. The lowest BCUT2D eigenvalue weighted by molar-refractivity contribution is -0.121. The number of hydrogen-bond acceptors (Lipinski definition) is 7. The lowest BCUT2D eigenvalue weighted by atomic mass is 9.78. The van der Waals surface area contributed by atoms with Crippen molar-refractivity contribution in [3.8, 4) is 11.5 Å². The number of likely N-dealkylation sites (tertiary alicyclic amines) is 1. The van der Waals surface area contributed by atoms with Crippen molar-refractivity contribution in [2.24, 2.45) is 0 Å². The molecular formula is C41H56N2O8Si. The molecule has 0 aliphatic carbocycles. The highest BCUT2D eigenvalue weighted by molar-refractivity contribution is 6.77. The summed E-state index contributed by atoms with van der Waals surface area (Å²) in [6, 6.07) is 22.3. The Morgan fingerprint density at radius 2 is 1.62 bits per heavy atom. The van der Waals surface area contributed by atoms with Crippen molar-refractivity contribution in [3.05, 3.63) is 89.5 Å². The molecule has 3 aromatic rings. The molecular weight excluding hydrogens is 677 g/mol. The lowest BCUT2D eigenvalue weighted by Crippen LogP contribution is -2.64. The van der Waals surface area contributed by atoms with Crippen LogP contribution in [0.1, 0.15) is 70.6 Å². The molecule has 0 bridgehead atoms. The van der Waals surface area contributed by atoms with Crippen LogP contribution in [0.3, 0.4) is 0 Å². The van der Waals surface area contributed by atoms with Gasteiger partial charge in [0, 0.05) is 26.2 Å². The van der Waals surface area contributed by atoms with E-state index in [-0.39, 0.29) is 54.0 Å². The second-order valence-corrected chi connectivity index (χ2v) is 20.4. The smallest absolute Gasteiger partial charge is 0.407 e. The van der Waals surface area contributed by atoms with Gasteiger partial charge in [0.05, 0.1) is 37.1 Å². The summed E-state index contributed by atoms with van der Waals surface area (Å²) in [6.45, 7) is 14.7. The van der Waals surface area contributed by atoms with E-state index in [1.54, 1.807) is 24.1 Å². The summed E-state index contributed by atoms with van der Waals surface area (Å²) in [5.41, 5.74) is 4.27. The minimum atomic E-state index is -2.51. The molecule has 10 nitrogen and oxygen atoms in total. The Hall–Kier alpha value is -3.90. The number of benzene rings is 3. The first kappa shape index (κ1) is 39.3. The Morgan fingerprint density at radius 3 is 2.23 bits per heavy atom. The molecule has 4 unspecified atom stereocenters. The van der Waals surface area contributed by atoms with Crippen LogP contribution in [0.4, 0.5) is 10.5 Å². The summed E-state index contributed by atoms with van der Waals surface area (Å²) in [5, 5.41) is 21.2. The minimum absolute atomic E-state index is 0.0201. The fraction of sp³-hybridized carbons (Fsp3) is 0.512. The number of ether oxygens (including phenoxy) is 3. The number of methoxy groups -OCH3 is 1. The van der Waals surface area contributed by atoms with E-state index in [1.165, 1.54) is 4.90 Å². The summed E-state index contributed by atoms with van der Waals surface area (Å²) < 4.78 is 25.5. The number of amides is 2. The second-order valence-electron chi connectivity index (χ2n) is 15.0. The molecule has 0 saturated carbocycles. The van der Waals surface area contributed by atoms with E-state index < -0.39 is 32.7 Å². The average molecular weight is 733 g/mol. The third-order valence-electron chi connectivity index (χ3n) is 10.9. The number of carboxylic acid groups (broad SMARTS) is 1. The number of nitrogens with zero attached hydrogens (tertiary/aromatic N) is 2.